The predicted octanol–water partition coefficient (Wildman–Crippen LogP) is 10.6. The highest BCUT2D eigenvalue weighted by Gasteiger charge is 2.37. The third-order valence-electron chi connectivity index (χ3n) is 6.70. The van der Waals surface area contributed by atoms with Crippen molar-refractivity contribution < 1.29 is 55.1 Å². The number of carbonyl (C=O) groups is 2. The number of rotatable bonds is 15. The van der Waals surface area contributed by atoms with Gasteiger partial charge in [-0.25, -0.2) is 14.2 Å². The summed E-state index contributed by atoms with van der Waals surface area (Å²) in [6.45, 7) is 11.8. The van der Waals surface area contributed by atoms with Crippen LogP contribution in [-0.4, -0.2) is 49.8 Å². The second-order valence-corrected chi connectivity index (χ2v) is 16.6. The fraction of sp³-hybridized carbons (Fsp3) is 0.576. The van der Waals surface area contributed by atoms with Crippen molar-refractivity contribution in [3.05, 3.63) is 52.5 Å². The summed E-state index contributed by atoms with van der Waals surface area (Å²) < 4.78 is 85.0. The number of aryl methyl sites for hydroxylation is 1. The number of phosphoric ester groups is 1. The van der Waals surface area contributed by atoms with Gasteiger partial charge in [-0.3, -0.25) is 13.6 Å². The lowest BCUT2D eigenvalue weighted by molar-refractivity contribution is -0.137. The maximum atomic E-state index is 13.6. The van der Waals surface area contributed by atoms with Crippen molar-refractivity contribution >= 4 is 43.4 Å². The summed E-state index contributed by atoms with van der Waals surface area (Å²) in [7, 11) is -1.54. The molecule has 0 heterocycles. The van der Waals surface area contributed by atoms with Gasteiger partial charge in [0.2, 0.25) is 0 Å². The normalized spacial score (nSPS) is 13.8. The molecule has 0 unspecified atom stereocenters. The smallest absolute Gasteiger partial charge is 0.444 e. The van der Waals surface area contributed by atoms with Gasteiger partial charge < -0.3 is 19.5 Å². The molecule has 2 aromatic carbocycles. The minimum atomic E-state index is -4.64. The first kappa shape index (κ1) is 42.7. The van der Waals surface area contributed by atoms with Gasteiger partial charge in [-0.2, -0.15) is 13.2 Å². The Bertz CT molecular complexity index is 1470. The third-order valence-corrected chi connectivity index (χ3v) is 9.42. The van der Waals surface area contributed by atoms with Gasteiger partial charge in [0, 0.05) is 24.1 Å². The predicted molar refractivity (Wildman–Crippen MR) is 181 cm³/mol. The summed E-state index contributed by atoms with van der Waals surface area (Å²) in [5.74, 6) is -0.120. The fourth-order valence-electron chi connectivity index (χ4n) is 4.35. The van der Waals surface area contributed by atoms with Gasteiger partial charge in [-0.05, 0) is 96.7 Å². The van der Waals surface area contributed by atoms with Crippen LogP contribution in [0.1, 0.15) is 85.3 Å². The highest BCUT2D eigenvalue weighted by atomic mass is 35.5. The average Bonchev–Trinajstić information content (AvgIpc) is 2.96. The SMILES string of the molecule is CCCC[C@](CCc1ccc(Sc2cc(C(F)(F)F)ccc2OC(=O)OC(C)(C)C)cc1Cl)(COP(=O)(OC)OC)NC(=O)OC(C)(C)C. The van der Waals surface area contributed by atoms with E-state index in [1.165, 1.54) is 14.2 Å². The average molecular weight is 756 g/mol. The van der Waals surface area contributed by atoms with Gasteiger partial charge in [0.25, 0.3) is 0 Å². The van der Waals surface area contributed by atoms with Crippen molar-refractivity contribution in [2.45, 2.75) is 113 Å². The molecule has 0 saturated carbocycles. The van der Waals surface area contributed by atoms with Crippen LogP contribution in [0.25, 0.3) is 0 Å². The molecule has 16 heteroatoms. The third kappa shape index (κ3) is 14.7. The maximum absolute atomic E-state index is 13.6. The lowest BCUT2D eigenvalue weighted by atomic mass is 9.87. The van der Waals surface area contributed by atoms with E-state index in [0.29, 0.717) is 34.7 Å². The highest BCUT2D eigenvalue weighted by molar-refractivity contribution is 7.99. The number of benzene rings is 2. The molecular formula is C33H46ClF3NO9PS. The van der Waals surface area contributed by atoms with Gasteiger partial charge in [-0.1, -0.05) is 49.2 Å². The topological polar surface area (TPSA) is 119 Å². The number of unbranched alkanes of at least 4 members (excludes halogenated alkanes) is 1. The van der Waals surface area contributed by atoms with Crippen LogP contribution in [0.15, 0.2) is 46.2 Å². The Hall–Kier alpha value is -2.48. The number of nitrogens with one attached hydrogen (secondary N) is 1. The van der Waals surface area contributed by atoms with E-state index in [1.807, 2.05) is 6.92 Å². The molecule has 49 heavy (non-hydrogen) atoms. The number of halogens is 4. The van der Waals surface area contributed by atoms with E-state index in [2.05, 4.69) is 5.32 Å². The van der Waals surface area contributed by atoms with Crippen LogP contribution in [-0.2, 0) is 40.2 Å². The van der Waals surface area contributed by atoms with Gasteiger partial charge in [0.1, 0.15) is 17.0 Å². The Kier molecular flexibility index (Phi) is 15.4. The van der Waals surface area contributed by atoms with Gasteiger partial charge in [-0.15, -0.1) is 0 Å². The number of carbonyl (C=O) groups excluding carboxylic acids is 2. The summed E-state index contributed by atoms with van der Waals surface area (Å²) in [6.07, 6.45) is -3.92. The molecular weight excluding hydrogens is 710 g/mol. The van der Waals surface area contributed by atoms with Crippen molar-refractivity contribution in [1.29, 1.82) is 0 Å². The second kappa shape index (κ2) is 17.6. The van der Waals surface area contributed by atoms with E-state index >= 15 is 0 Å². The summed E-state index contributed by atoms with van der Waals surface area (Å²) >= 11 is 7.61. The molecule has 10 nitrogen and oxygen atoms in total. The van der Waals surface area contributed by atoms with Crippen molar-refractivity contribution in [2.75, 3.05) is 20.8 Å². The molecule has 1 N–H and O–H groups in total. The number of ether oxygens (including phenoxy) is 3. The Morgan fingerprint density at radius 3 is 2.08 bits per heavy atom. The molecule has 0 aliphatic heterocycles. The molecule has 1 amide bonds. The molecule has 0 aromatic heterocycles. The molecule has 2 rings (SSSR count). The Labute approximate surface area is 295 Å². The summed E-state index contributed by atoms with van der Waals surface area (Å²) in [5, 5.41) is 3.22. The lowest BCUT2D eigenvalue weighted by Gasteiger charge is -2.36. The molecule has 1 atom stereocenters. The summed E-state index contributed by atoms with van der Waals surface area (Å²) in [4.78, 5) is 25.8. The maximum Gasteiger partial charge on any atom is 0.514 e. The zero-order chi connectivity index (χ0) is 37.3. The van der Waals surface area contributed by atoms with Crippen LogP contribution < -0.4 is 10.1 Å². The number of amides is 1. The van der Waals surface area contributed by atoms with Gasteiger partial charge >= 0.3 is 26.2 Å². The van der Waals surface area contributed by atoms with E-state index in [1.54, 1.807) is 59.7 Å². The quantitative estimate of drug-likeness (QED) is 0.107. The number of alkyl halides is 3. The molecule has 0 aliphatic rings. The molecule has 0 spiro atoms. The zero-order valence-electron chi connectivity index (χ0n) is 29.2. The molecule has 276 valence electrons. The van der Waals surface area contributed by atoms with Crippen molar-refractivity contribution in [3.63, 3.8) is 0 Å². The van der Waals surface area contributed by atoms with Crippen molar-refractivity contribution in [2.24, 2.45) is 0 Å². The number of alkyl carbamates (subject to hydrolysis) is 1. The van der Waals surface area contributed by atoms with Crippen molar-refractivity contribution in [1.82, 2.24) is 5.32 Å². The van der Waals surface area contributed by atoms with Crippen LogP contribution in [0.5, 0.6) is 5.75 Å². The van der Waals surface area contributed by atoms with E-state index in [-0.39, 0.29) is 23.7 Å². The molecule has 2 aromatic rings. The molecule has 0 radical (unpaired) electrons. The van der Waals surface area contributed by atoms with E-state index in [0.717, 1.165) is 36.4 Å². The van der Waals surface area contributed by atoms with Gasteiger partial charge in [0.15, 0.2) is 0 Å². The summed E-state index contributed by atoms with van der Waals surface area (Å²) in [6, 6.07) is 7.72. The first-order chi connectivity index (χ1) is 22.5. The van der Waals surface area contributed by atoms with Crippen LogP contribution >= 0.6 is 31.2 Å². The number of hydrogen-bond acceptors (Lipinski definition) is 10. The minimum Gasteiger partial charge on any atom is -0.444 e. The van der Waals surface area contributed by atoms with E-state index in [4.69, 9.17) is 39.4 Å². The first-order valence-electron chi connectivity index (χ1n) is 15.5. The van der Waals surface area contributed by atoms with E-state index in [9.17, 15) is 27.3 Å². The standard InChI is InChI=1S/C33H46ClF3NO9PS/c1-10-11-17-32(21-44-48(41,42-8)43-9,38-28(39)46-30(2,3)4)18-16-22-12-14-24(20-25(22)34)49-27-19-23(33(35,36)37)13-15-26(27)45-29(40)47-31(5,6)7/h12-15,19-20H,10-11,16-18,21H2,1-9H3,(H,38,39)/t32-/m0/s1. The molecule has 0 bridgehead atoms. The van der Waals surface area contributed by atoms with Crippen LogP contribution in [0.3, 0.4) is 0 Å². The number of phosphoric acid groups is 1. The molecule has 0 aliphatic carbocycles. The number of hydrogen-bond donors (Lipinski definition) is 1. The highest BCUT2D eigenvalue weighted by Crippen LogP contribution is 2.49. The first-order valence-corrected chi connectivity index (χ1v) is 18.1. The Morgan fingerprint density at radius 2 is 1.55 bits per heavy atom. The Morgan fingerprint density at radius 1 is 0.918 bits per heavy atom. The van der Waals surface area contributed by atoms with Crippen LogP contribution in [0.4, 0.5) is 22.8 Å². The summed E-state index contributed by atoms with van der Waals surface area (Å²) in [5.41, 5.74) is -3.01. The molecule has 0 saturated heterocycles. The van der Waals surface area contributed by atoms with Crippen molar-refractivity contribution in [3.8, 4) is 5.75 Å². The zero-order valence-corrected chi connectivity index (χ0v) is 31.7. The second-order valence-electron chi connectivity index (χ2n) is 13.2. The van der Waals surface area contributed by atoms with Crippen LogP contribution in [0, 0.1) is 0 Å². The Balaban J connectivity index is 2.41. The largest absolute Gasteiger partial charge is 0.514 e. The lowest BCUT2D eigenvalue weighted by Crippen LogP contribution is -2.53. The molecule has 0 fully saturated rings. The minimum absolute atomic E-state index is 0.0162. The van der Waals surface area contributed by atoms with E-state index < -0.39 is 48.6 Å². The monoisotopic (exact) mass is 755 g/mol. The van der Waals surface area contributed by atoms with Gasteiger partial charge in [0.05, 0.1) is 22.6 Å². The van der Waals surface area contributed by atoms with Crippen LogP contribution in [0.2, 0.25) is 5.02 Å². The fourth-order valence-corrected chi connectivity index (χ4v) is 6.42.